The fraction of sp³-hybridized carbons (Fsp3) is 0.231. The lowest BCUT2D eigenvalue weighted by Crippen LogP contribution is -2.33. The predicted molar refractivity (Wildman–Crippen MR) is 68.9 cm³/mol. The second kappa shape index (κ2) is 3.96. The molecule has 0 radical (unpaired) electrons. The molecule has 1 N–H and O–H groups in total. The van der Waals surface area contributed by atoms with E-state index in [1.54, 1.807) is 11.3 Å². The van der Waals surface area contributed by atoms with Gasteiger partial charge >= 0.3 is 0 Å². The molecule has 0 bridgehead atoms. The summed E-state index contributed by atoms with van der Waals surface area (Å²) >= 11 is 1.61. The zero-order valence-electron chi connectivity index (χ0n) is 9.27. The molecule has 0 saturated carbocycles. The molecule has 1 saturated heterocycles. The van der Waals surface area contributed by atoms with Crippen LogP contribution in [0.3, 0.4) is 0 Å². The molecule has 1 amide bonds. The number of piperidine rings is 1. The van der Waals surface area contributed by atoms with E-state index in [0.717, 1.165) is 33.8 Å². The van der Waals surface area contributed by atoms with Crippen LogP contribution < -0.4 is 5.32 Å². The number of amides is 1. The van der Waals surface area contributed by atoms with Gasteiger partial charge in [-0.05, 0) is 25.0 Å². The van der Waals surface area contributed by atoms with Gasteiger partial charge in [0.15, 0.2) is 0 Å². The van der Waals surface area contributed by atoms with Crippen LogP contribution in [0.2, 0.25) is 0 Å². The van der Waals surface area contributed by atoms with E-state index >= 15 is 0 Å². The number of allylic oxidation sites excluding steroid dienone is 1. The van der Waals surface area contributed by atoms with Gasteiger partial charge in [-0.2, -0.15) is 0 Å². The molecule has 2 aromatic rings. The van der Waals surface area contributed by atoms with Crippen LogP contribution in [0.4, 0.5) is 0 Å². The Kier molecular flexibility index (Phi) is 2.44. The number of hydrogen-bond acceptors (Lipinski definition) is 3. The van der Waals surface area contributed by atoms with Crippen molar-refractivity contribution in [2.75, 3.05) is 0 Å². The highest BCUT2D eigenvalue weighted by Gasteiger charge is 2.28. The third-order valence-electron chi connectivity index (χ3n) is 2.96. The first kappa shape index (κ1) is 10.5. The van der Waals surface area contributed by atoms with Gasteiger partial charge in [-0.3, -0.25) is 4.79 Å². The van der Waals surface area contributed by atoms with Crippen LogP contribution in [0.15, 0.2) is 36.5 Å². The highest BCUT2D eigenvalue weighted by Crippen LogP contribution is 2.32. The van der Waals surface area contributed by atoms with Gasteiger partial charge in [0, 0.05) is 5.70 Å². The number of hydrogen-bond donors (Lipinski definition) is 1. The van der Waals surface area contributed by atoms with Crippen molar-refractivity contribution in [2.45, 2.75) is 18.8 Å². The molecule has 17 heavy (non-hydrogen) atoms. The van der Waals surface area contributed by atoms with E-state index in [0.29, 0.717) is 0 Å². The first-order chi connectivity index (χ1) is 8.24. The Morgan fingerprint density at radius 3 is 3.00 bits per heavy atom. The number of nitrogens with zero attached hydrogens (tertiary/aromatic N) is 1. The second-order valence-electron chi connectivity index (χ2n) is 4.20. The first-order valence-corrected chi connectivity index (χ1v) is 6.40. The number of aromatic nitrogens is 1. The summed E-state index contributed by atoms with van der Waals surface area (Å²) in [6.07, 6.45) is 1.65. The molecule has 1 atom stereocenters. The summed E-state index contributed by atoms with van der Waals surface area (Å²) < 4.78 is 1.14. The molecular weight excluding hydrogens is 232 g/mol. The van der Waals surface area contributed by atoms with E-state index < -0.39 is 0 Å². The summed E-state index contributed by atoms with van der Waals surface area (Å²) in [5.74, 6) is -0.0850. The minimum atomic E-state index is -0.113. The zero-order valence-corrected chi connectivity index (χ0v) is 10.1. The number of rotatable bonds is 1. The van der Waals surface area contributed by atoms with E-state index in [1.807, 2.05) is 24.3 Å². The maximum absolute atomic E-state index is 11.9. The number of carbonyl (C=O) groups is 1. The largest absolute Gasteiger partial charge is 0.330 e. The van der Waals surface area contributed by atoms with Crippen molar-refractivity contribution in [3.05, 3.63) is 41.5 Å². The maximum Gasteiger partial charge on any atom is 0.234 e. The summed E-state index contributed by atoms with van der Waals surface area (Å²) in [6.45, 7) is 3.79. The smallest absolute Gasteiger partial charge is 0.234 e. The number of fused-ring (bicyclic) bond motifs is 1. The maximum atomic E-state index is 11.9. The summed E-state index contributed by atoms with van der Waals surface area (Å²) in [5.41, 5.74) is 1.79. The Labute approximate surface area is 103 Å². The minimum Gasteiger partial charge on any atom is -0.330 e. The average molecular weight is 244 g/mol. The standard InChI is InChI=1S/C13H12N2OS/c1-8-6-7-9(12(16)14-8)13-15-10-4-2-3-5-11(10)17-13/h2-5,9H,1,6-7H2,(H,14,16). The Balaban J connectivity index is 1.98. The first-order valence-electron chi connectivity index (χ1n) is 5.58. The van der Waals surface area contributed by atoms with Gasteiger partial charge in [0.2, 0.25) is 5.91 Å². The van der Waals surface area contributed by atoms with E-state index in [1.165, 1.54) is 0 Å². The second-order valence-corrected chi connectivity index (χ2v) is 5.27. The molecule has 1 fully saturated rings. The fourth-order valence-electron chi connectivity index (χ4n) is 2.05. The number of carbonyl (C=O) groups excluding carboxylic acids is 1. The summed E-state index contributed by atoms with van der Waals surface area (Å²) in [7, 11) is 0. The normalized spacial score (nSPS) is 20.6. The van der Waals surface area contributed by atoms with Crippen LogP contribution in [0.1, 0.15) is 23.8 Å². The number of para-hydroxylation sites is 1. The van der Waals surface area contributed by atoms with Gasteiger partial charge in [-0.25, -0.2) is 4.98 Å². The zero-order chi connectivity index (χ0) is 11.8. The lowest BCUT2D eigenvalue weighted by Gasteiger charge is -2.21. The molecule has 86 valence electrons. The van der Waals surface area contributed by atoms with Crippen molar-refractivity contribution in [3.8, 4) is 0 Å². The van der Waals surface area contributed by atoms with Crippen LogP contribution in [0.5, 0.6) is 0 Å². The molecule has 2 heterocycles. The van der Waals surface area contributed by atoms with Crippen LogP contribution in [0, 0.1) is 0 Å². The summed E-state index contributed by atoms with van der Waals surface area (Å²) in [6, 6.07) is 7.98. The van der Waals surface area contributed by atoms with E-state index in [2.05, 4.69) is 16.9 Å². The molecule has 0 aliphatic carbocycles. The quantitative estimate of drug-likeness (QED) is 0.838. The molecule has 4 heteroatoms. The van der Waals surface area contributed by atoms with Gasteiger partial charge in [-0.15, -0.1) is 11.3 Å². The minimum absolute atomic E-state index is 0.0281. The van der Waals surface area contributed by atoms with Gasteiger partial charge in [0.1, 0.15) is 5.01 Å². The predicted octanol–water partition coefficient (Wildman–Crippen LogP) is 2.80. The third kappa shape index (κ3) is 1.85. The van der Waals surface area contributed by atoms with Gasteiger partial charge in [0.05, 0.1) is 16.1 Å². The molecule has 1 aliphatic rings. The van der Waals surface area contributed by atoms with E-state index in [4.69, 9.17) is 0 Å². The van der Waals surface area contributed by atoms with Crippen LogP contribution in [-0.4, -0.2) is 10.9 Å². The lowest BCUT2D eigenvalue weighted by molar-refractivity contribution is -0.122. The molecule has 3 nitrogen and oxygen atoms in total. The lowest BCUT2D eigenvalue weighted by atomic mass is 9.98. The number of benzene rings is 1. The molecule has 1 aliphatic heterocycles. The molecule has 0 spiro atoms. The Morgan fingerprint density at radius 1 is 1.41 bits per heavy atom. The van der Waals surface area contributed by atoms with Crippen molar-refractivity contribution >= 4 is 27.5 Å². The molecular formula is C13H12N2OS. The molecule has 3 rings (SSSR count). The average Bonchev–Trinajstić information content (AvgIpc) is 2.72. The Bertz CT molecular complexity index is 569. The third-order valence-corrected chi connectivity index (χ3v) is 4.11. The summed E-state index contributed by atoms with van der Waals surface area (Å²) in [5, 5.41) is 3.72. The monoisotopic (exact) mass is 244 g/mol. The van der Waals surface area contributed by atoms with Crippen molar-refractivity contribution < 1.29 is 4.79 Å². The molecule has 1 unspecified atom stereocenters. The van der Waals surface area contributed by atoms with E-state index in [9.17, 15) is 4.79 Å². The summed E-state index contributed by atoms with van der Waals surface area (Å²) in [4.78, 5) is 16.4. The van der Waals surface area contributed by atoms with Crippen molar-refractivity contribution in [3.63, 3.8) is 0 Å². The fourth-order valence-corrected chi connectivity index (χ4v) is 3.15. The van der Waals surface area contributed by atoms with E-state index in [-0.39, 0.29) is 11.8 Å². The van der Waals surface area contributed by atoms with Crippen LogP contribution in [0.25, 0.3) is 10.2 Å². The Hall–Kier alpha value is -1.68. The highest BCUT2D eigenvalue weighted by molar-refractivity contribution is 7.18. The SMILES string of the molecule is C=C1CCC(c2nc3ccccc3s2)C(=O)N1. The number of thiazole rings is 1. The topological polar surface area (TPSA) is 42.0 Å². The van der Waals surface area contributed by atoms with Gasteiger partial charge in [0.25, 0.3) is 0 Å². The van der Waals surface area contributed by atoms with Crippen molar-refractivity contribution in [2.24, 2.45) is 0 Å². The van der Waals surface area contributed by atoms with Crippen molar-refractivity contribution in [1.29, 1.82) is 0 Å². The highest BCUT2D eigenvalue weighted by atomic mass is 32.1. The van der Waals surface area contributed by atoms with Crippen LogP contribution >= 0.6 is 11.3 Å². The van der Waals surface area contributed by atoms with Gasteiger partial charge < -0.3 is 5.32 Å². The molecule has 1 aromatic heterocycles. The van der Waals surface area contributed by atoms with Gasteiger partial charge in [-0.1, -0.05) is 18.7 Å². The molecule has 1 aromatic carbocycles. The number of nitrogens with one attached hydrogen (secondary N) is 1. The Morgan fingerprint density at radius 2 is 2.24 bits per heavy atom. The van der Waals surface area contributed by atoms with Crippen LogP contribution in [-0.2, 0) is 4.79 Å². The van der Waals surface area contributed by atoms with Crippen molar-refractivity contribution in [1.82, 2.24) is 10.3 Å².